The highest BCUT2D eigenvalue weighted by Crippen LogP contribution is 2.25. The quantitative estimate of drug-likeness (QED) is 0.754. The average Bonchev–Trinajstić information content (AvgIpc) is 2.15. The predicted molar refractivity (Wildman–Crippen MR) is 68.0 cm³/mol. The summed E-state index contributed by atoms with van der Waals surface area (Å²) >= 11 is 0. The molecule has 0 fully saturated rings. The van der Waals surface area contributed by atoms with Gasteiger partial charge in [-0.15, -0.1) is 0 Å². The van der Waals surface area contributed by atoms with E-state index in [2.05, 4.69) is 4.98 Å². The zero-order valence-corrected chi connectivity index (χ0v) is 11.1. The number of nitrogens with zero attached hydrogens (tertiary/aromatic N) is 1. The highest BCUT2D eigenvalue weighted by atomic mass is 16.5. The molecule has 0 saturated carbocycles. The Morgan fingerprint density at radius 2 is 1.88 bits per heavy atom. The Kier molecular flexibility index (Phi) is 3.97. The Labute approximate surface area is 103 Å². The molecule has 0 bridgehead atoms. The summed E-state index contributed by atoms with van der Waals surface area (Å²) in [5.74, 6) is 0. The fraction of sp³-hybridized carbons (Fsp3) is 0.583. The minimum absolute atomic E-state index is 0.477. The van der Waals surface area contributed by atoms with Gasteiger partial charge in [0.1, 0.15) is 0 Å². The van der Waals surface area contributed by atoms with E-state index in [1.165, 1.54) is 0 Å². The zero-order valence-electron chi connectivity index (χ0n) is 11.1. The topological polar surface area (TPSA) is 62.6 Å². The third-order valence-electron chi connectivity index (χ3n) is 3.16. The van der Waals surface area contributed by atoms with Crippen molar-refractivity contribution < 1.29 is 14.8 Å². The first-order valence-corrected chi connectivity index (χ1v) is 5.65. The molecule has 17 heavy (non-hydrogen) atoms. The van der Waals surface area contributed by atoms with Crippen LogP contribution in [-0.4, -0.2) is 33.4 Å². The molecule has 0 aliphatic carbocycles. The van der Waals surface area contributed by atoms with Gasteiger partial charge >= 0.3 is 7.12 Å². The van der Waals surface area contributed by atoms with Gasteiger partial charge in [-0.25, -0.2) is 0 Å². The molecule has 1 aromatic heterocycles. The molecule has 0 radical (unpaired) electrons. The van der Waals surface area contributed by atoms with Crippen molar-refractivity contribution in [2.45, 2.75) is 45.8 Å². The van der Waals surface area contributed by atoms with Crippen LogP contribution in [0.5, 0.6) is 0 Å². The summed E-state index contributed by atoms with van der Waals surface area (Å²) in [5.41, 5.74) is -0.607. The molecule has 94 valence electrons. The number of aryl methyl sites for hydroxylation is 1. The predicted octanol–water partition coefficient (Wildman–Crippen LogP) is 0.644. The molecule has 0 aromatic carbocycles. The summed E-state index contributed by atoms with van der Waals surface area (Å²) in [5, 5.41) is 20.0. The van der Waals surface area contributed by atoms with Crippen molar-refractivity contribution in [1.82, 2.24) is 4.98 Å². The van der Waals surface area contributed by atoms with Crippen LogP contribution in [0.2, 0.25) is 0 Å². The summed E-state index contributed by atoms with van der Waals surface area (Å²) < 4.78 is 5.51. The molecule has 5 heteroatoms. The first kappa shape index (κ1) is 14.2. The zero-order chi connectivity index (χ0) is 13.3. The van der Waals surface area contributed by atoms with Crippen LogP contribution in [0.1, 0.15) is 33.3 Å². The molecule has 0 spiro atoms. The number of hydrogen-bond acceptors (Lipinski definition) is 4. The molecule has 0 atom stereocenters. The van der Waals surface area contributed by atoms with Crippen LogP contribution in [-0.2, 0) is 4.65 Å². The minimum atomic E-state index is -1.14. The highest BCUT2D eigenvalue weighted by molar-refractivity contribution is 6.59. The number of rotatable bonds is 4. The summed E-state index contributed by atoms with van der Waals surface area (Å²) in [4.78, 5) is 4.09. The maximum atomic E-state index is 10.0. The van der Waals surface area contributed by atoms with Crippen molar-refractivity contribution in [2.24, 2.45) is 0 Å². The van der Waals surface area contributed by atoms with Gasteiger partial charge in [0.25, 0.3) is 0 Å². The number of aromatic nitrogens is 1. The minimum Gasteiger partial charge on any atom is -0.422 e. The van der Waals surface area contributed by atoms with Crippen molar-refractivity contribution in [3.8, 4) is 0 Å². The fourth-order valence-corrected chi connectivity index (χ4v) is 1.24. The smallest absolute Gasteiger partial charge is 0.422 e. The van der Waals surface area contributed by atoms with E-state index in [1.54, 1.807) is 40.0 Å². The van der Waals surface area contributed by atoms with Gasteiger partial charge < -0.3 is 14.8 Å². The van der Waals surface area contributed by atoms with Gasteiger partial charge in [0.05, 0.1) is 16.8 Å². The van der Waals surface area contributed by atoms with E-state index in [0.717, 1.165) is 5.56 Å². The lowest BCUT2D eigenvalue weighted by molar-refractivity contribution is -0.0983. The molecular weight excluding hydrogens is 217 g/mol. The van der Waals surface area contributed by atoms with E-state index in [4.69, 9.17) is 4.65 Å². The van der Waals surface area contributed by atoms with Crippen LogP contribution in [0, 0.1) is 6.92 Å². The average molecular weight is 237 g/mol. The second-order valence-electron chi connectivity index (χ2n) is 5.25. The lowest BCUT2D eigenvalue weighted by Crippen LogP contribution is -2.54. The molecule has 1 heterocycles. The lowest BCUT2D eigenvalue weighted by atomic mass is 9.78. The second-order valence-corrected chi connectivity index (χ2v) is 5.25. The lowest BCUT2D eigenvalue weighted by Gasteiger charge is -2.38. The highest BCUT2D eigenvalue weighted by Gasteiger charge is 2.40. The molecule has 4 nitrogen and oxygen atoms in total. The molecular formula is C12H20BNO3. The molecule has 0 unspecified atom stereocenters. The van der Waals surface area contributed by atoms with Crippen LogP contribution < -0.4 is 5.59 Å². The molecule has 0 saturated heterocycles. The monoisotopic (exact) mass is 237 g/mol. The van der Waals surface area contributed by atoms with Gasteiger partial charge in [-0.05, 0) is 46.2 Å². The van der Waals surface area contributed by atoms with Crippen LogP contribution in [0.25, 0.3) is 0 Å². The summed E-state index contributed by atoms with van der Waals surface area (Å²) in [7, 11) is -1.14. The summed E-state index contributed by atoms with van der Waals surface area (Å²) in [6.45, 7) is 8.60. The van der Waals surface area contributed by atoms with E-state index in [0.29, 0.717) is 5.59 Å². The Bertz CT molecular complexity index is 388. The Balaban J connectivity index is 2.87. The normalized spacial score (nSPS) is 12.6. The standard InChI is InChI=1S/C12H20BNO3/c1-9-7-6-8-14-10(9)13(16)17-12(4,5)11(2,3)15/h6-8,15-16H,1-5H3. The van der Waals surface area contributed by atoms with Gasteiger partial charge in [0.15, 0.2) is 0 Å². The van der Waals surface area contributed by atoms with Crippen LogP contribution in [0.3, 0.4) is 0 Å². The first-order valence-electron chi connectivity index (χ1n) is 5.65. The third kappa shape index (κ3) is 3.28. The molecule has 0 aliphatic heterocycles. The summed E-state index contributed by atoms with van der Waals surface area (Å²) in [6.07, 6.45) is 1.60. The van der Waals surface area contributed by atoms with Crippen LogP contribution >= 0.6 is 0 Å². The van der Waals surface area contributed by atoms with Crippen molar-refractivity contribution in [3.63, 3.8) is 0 Å². The molecule has 2 N–H and O–H groups in total. The third-order valence-corrected chi connectivity index (χ3v) is 3.16. The maximum absolute atomic E-state index is 10.0. The SMILES string of the molecule is Cc1cccnc1B(O)OC(C)(C)C(C)(C)O. The van der Waals surface area contributed by atoms with Crippen LogP contribution in [0.15, 0.2) is 18.3 Å². The van der Waals surface area contributed by atoms with Crippen molar-refractivity contribution in [3.05, 3.63) is 23.9 Å². The number of pyridine rings is 1. The van der Waals surface area contributed by atoms with Crippen LogP contribution in [0.4, 0.5) is 0 Å². The van der Waals surface area contributed by atoms with Crippen molar-refractivity contribution in [1.29, 1.82) is 0 Å². The van der Waals surface area contributed by atoms with E-state index in [9.17, 15) is 10.1 Å². The van der Waals surface area contributed by atoms with E-state index in [-0.39, 0.29) is 0 Å². The first-order chi connectivity index (χ1) is 7.65. The molecule has 0 amide bonds. The van der Waals surface area contributed by atoms with Gasteiger partial charge in [0.2, 0.25) is 0 Å². The number of aliphatic hydroxyl groups is 1. The summed E-state index contributed by atoms with van der Waals surface area (Å²) in [6, 6.07) is 3.65. The van der Waals surface area contributed by atoms with Gasteiger partial charge in [-0.3, -0.25) is 4.98 Å². The number of hydrogen-bond donors (Lipinski definition) is 2. The van der Waals surface area contributed by atoms with Crippen molar-refractivity contribution >= 4 is 12.7 Å². The largest absolute Gasteiger partial charge is 0.511 e. The Morgan fingerprint density at radius 1 is 1.29 bits per heavy atom. The second kappa shape index (κ2) is 4.76. The molecule has 1 rings (SSSR count). The van der Waals surface area contributed by atoms with Gasteiger partial charge in [-0.2, -0.15) is 0 Å². The Hall–Kier alpha value is -0.905. The van der Waals surface area contributed by atoms with E-state index < -0.39 is 18.3 Å². The molecule has 1 aromatic rings. The fourth-order valence-electron chi connectivity index (χ4n) is 1.24. The van der Waals surface area contributed by atoms with Gasteiger partial charge in [0, 0.05) is 6.20 Å². The maximum Gasteiger partial charge on any atom is 0.511 e. The molecule has 0 aliphatic rings. The van der Waals surface area contributed by atoms with E-state index >= 15 is 0 Å². The Morgan fingerprint density at radius 3 is 2.35 bits per heavy atom. The van der Waals surface area contributed by atoms with Gasteiger partial charge in [-0.1, -0.05) is 6.07 Å². The van der Waals surface area contributed by atoms with E-state index in [1.807, 2.05) is 13.0 Å². The van der Waals surface area contributed by atoms with Crippen molar-refractivity contribution in [2.75, 3.05) is 0 Å².